The number of rotatable bonds is 1. The number of para-hydroxylation sites is 1. The largest absolute Gasteiger partial charge is 0.389 e. The van der Waals surface area contributed by atoms with Gasteiger partial charge in [0.1, 0.15) is 0 Å². The number of aliphatic imine (C=N–C) groups is 1. The molecule has 0 saturated carbocycles. The number of β-amino-alcohol motifs (C(OH)–C–C–N with tert-alkyl or cyclic N) is 1. The Morgan fingerprint density at radius 3 is 2.57 bits per heavy atom. The average molecular weight is 191 g/mol. The molecule has 0 aliphatic carbocycles. The molecule has 1 aliphatic heterocycles. The van der Waals surface area contributed by atoms with Gasteiger partial charge < -0.3 is 15.7 Å². The highest BCUT2D eigenvalue weighted by atomic mass is 16.3. The van der Waals surface area contributed by atoms with Gasteiger partial charge in [0.05, 0.1) is 11.8 Å². The van der Waals surface area contributed by atoms with Gasteiger partial charge >= 0.3 is 0 Å². The minimum Gasteiger partial charge on any atom is -0.389 e. The molecule has 0 radical (unpaired) electrons. The second-order valence-corrected chi connectivity index (χ2v) is 3.36. The molecule has 74 valence electrons. The Morgan fingerprint density at radius 1 is 1.36 bits per heavy atom. The Labute approximate surface area is 82.7 Å². The van der Waals surface area contributed by atoms with Gasteiger partial charge in [-0.15, -0.1) is 0 Å². The van der Waals surface area contributed by atoms with E-state index in [-0.39, 0.29) is 6.10 Å². The van der Waals surface area contributed by atoms with Gasteiger partial charge in [0.25, 0.3) is 0 Å². The van der Waals surface area contributed by atoms with Gasteiger partial charge in [-0.1, -0.05) is 18.2 Å². The monoisotopic (exact) mass is 191 g/mol. The number of aliphatic hydroxyl groups is 1. The number of hydrogen-bond donors (Lipinski definition) is 2. The zero-order chi connectivity index (χ0) is 9.97. The maximum Gasteiger partial charge on any atom is 0.196 e. The molecule has 4 heteroatoms. The van der Waals surface area contributed by atoms with Crippen LogP contribution in [0, 0.1) is 0 Å². The minimum absolute atomic E-state index is 0.250. The molecule has 1 aromatic rings. The molecule has 1 saturated heterocycles. The SMILES string of the molecule is NC(=Nc1ccccc1)N1CC(O)C1. The fourth-order valence-electron chi connectivity index (χ4n) is 1.35. The Kier molecular flexibility index (Phi) is 2.37. The lowest BCUT2D eigenvalue weighted by molar-refractivity contribution is 0.0459. The van der Waals surface area contributed by atoms with E-state index in [0.29, 0.717) is 19.0 Å². The second-order valence-electron chi connectivity index (χ2n) is 3.36. The van der Waals surface area contributed by atoms with Gasteiger partial charge in [-0.05, 0) is 12.1 Å². The van der Waals surface area contributed by atoms with Crippen molar-refractivity contribution < 1.29 is 5.11 Å². The third-order valence-corrected chi connectivity index (χ3v) is 2.19. The molecule has 14 heavy (non-hydrogen) atoms. The molecule has 0 bridgehead atoms. The van der Waals surface area contributed by atoms with Gasteiger partial charge in [-0.25, -0.2) is 4.99 Å². The summed E-state index contributed by atoms with van der Waals surface area (Å²) in [5.41, 5.74) is 6.58. The Morgan fingerprint density at radius 2 is 2.00 bits per heavy atom. The molecule has 1 heterocycles. The van der Waals surface area contributed by atoms with Crippen LogP contribution in [0.4, 0.5) is 5.69 Å². The molecule has 2 rings (SSSR count). The summed E-state index contributed by atoms with van der Waals surface area (Å²) in [6.45, 7) is 1.17. The van der Waals surface area contributed by atoms with Crippen molar-refractivity contribution in [2.24, 2.45) is 10.7 Å². The third-order valence-electron chi connectivity index (χ3n) is 2.19. The summed E-state index contributed by atoms with van der Waals surface area (Å²) in [4.78, 5) is 6.07. The van der Waals surface area contributed by atoms with Crippen LogP contribution in [-0.4, -0.2) is 35.2 Å². The van der Waals surface area contributed by atoms with Gasteiger partial charge in [0.15, 0.2) is 5.96 Å². The Hall–Kier alpha value is -1.55. The molecule has 0 atom stereocenters. The van der Waals surface area contributed by atoms with E-state index < -0.39 is 0 Å². The first-order valence-electron chi connectivity index (χ1n) is 4.58. The summed E-state index contributed by atoms with van der Waals surface area (Å²) in [6, 6.07) is 9.54. The van der Waals surface area contributed by atoms with Crippen LogP contribution in [0.3, 0.4) is 0 Å². The van der Waals surface area contributed by atoms with Crippen molar-refractivity contribution in [3.63, 3.8) is 0 Å². The normalized spacial score (nSPS) is 18.1. The van der Waals surface area contributed by atoms with E-state index in [2.05, 4.69) is 4.99 Å². The summed E-state index contributed by atoms with van der Waals surface area (Å²) in [5, 5.41) is 9.08. The van der Waals surface area contributed by atoms with E-state index >= 15 is 0 Å². The van der Waals surface area contributed by atoms with Crippen LogP contribution in [0.25, 0.3) is 0 Å². The molecular formula is C10H13N3O. The summed E-state index contributed by atoms with van der Waals surface area (Å²) < 4.78 is 0. The Balaban J connectivity index is 2.04. The summed E-state index contributed by atoms with van der Waals surface area (Å²) in [5.74, 6) is 0.474. The lowest BCUT2D eigenvalue weighted by Gasteiger charge is -2.36. The highest BCUT2D eigenvalue weighted by molar-refractivity contribution is 5.81. The fourth-order valence-corrected chi connectivity index (χ4v) is 1.35. The number of nitrogens with zero attached hydrogens (tertiary/aromatic N) is 2. The predicted octanol–water partition coefficient (Wildman–Crippen LogP) is 0.309. The van der Waals surface area contributed by atoms with Crippen molar-refractivity contribution in [1.29, 1.82) is 0 Å². The van der Waals surface area contributed by atoms with Gasteiger partial charge in [0, 0.05) is 13.1 Å². The molecule has 0 aromatic heterocycles. The number of benzene rings is 1. The maximum absolute atomic E-state index is 9.08. The Bertz CT molecular complexity index is 330. The molecule has 0 amide bonds. The standard InChI is InChI=1S/C10H13N3O/c11-10(13-6-9(14)7-13)12-8-4-2-1-3-5-8/h1-5,9,14H,6-7H2,(H2,11,12). The lowest BCUT2D eigenvalue weighted by atomic mass is 10.2. The third kappa shape index (κ3) is 1.85. The lowest BCUT2D eigenvalue weighted by Crippen LogP contribution is -2.56. The first kappa shape index (κ1) is 9.02. The van der Waals surface area contributed by atoms with Crippen LogP contribution in [0.1, 0.15) is 0 Å². The molecule has 0 unspecified atom stereocenters. The van der Waals surface area contributed by atoms with E-state index in [1.54, 1.807) is 0 Å². The van der Waals surface area contributed by atoms with E-state index in [1.165, 1.54) is 0 Å². The van der Waals surface area contributed by atoms with Crippen molar-refractivity contribution in [3.8, 4) is 0 Å². The van der Waals surface area contributed by atoms with Gasteiger partial charge in [0.2, 0.25) is 0 Å². The van der Waals surface area contributed by atoms with Gasteiger partial charge in [-0.2, -0.15) is 0 Å². The van der Waals surface area contributed by atoms with E-state index in [0.717, 1.165) is 5.69 Å². The fraction of sp³-hybridized carbons (Fsp3) is 0.300. The van der Waals surface area contributed by atoms with E-state index in [1.807, 2.05) is 35.2 Å². The van der Waals surface area contributed by atoms with Crippen LogP contribution in [0.2, 0.25) is 0 Å². The molecule has 4 nitrogen and oxygen atoms in total. The van der Waals surface area contributed by atoms with Crippen molar-refractivity contribution in [3.05, 3.63) is 30.3 Å². The summed E-state index contributed by atoms with van der Waals surface area (Å²) >= 11 is 0. The quantitative estimate of drug-likeness (QED) is 0.496. The van der Waals surface area contributed by atoms with Crippen molar-refractivity contribution >= 4 is 11.6 Å². The molecule has 0 spiro atoms. The molecular weight excluding hydrogens is 178 g/mol. The van der Waals surface area contributed by atoms with Crippen molar-refractivity contribution in [1.82, 2.24) is 4.90 Å². The number of aliphatic hydroxyl groups excluding tert-OH is 1. The first-order chi connectivity index (χ1) is 6.75. The predicted molar refractivity (Wildman–Crippen MR) is 55.3 cm³/mol. The van der Waals surface area contributed by atoms with Crippen LogP contribution in [0.5, 0.6) is 0 Å². The molecule has 3 N–H and O–H groups in total. The second kappa shape index (κ2) is 3.67. The smallest absolute Gasteiger partial charge is 0.196 e. The highest BCUT2D eigenvalue weighted by Crippen LogP contribution is 2.12. The van der Waals surface area contributed by atoms with Crippen LogP contribution < -0.4 is 5.73 Å². The first-order valence-corrected chi connectivity index (χ1v) is 4.58. The van der Waals surface area contributed by atoms with Crippen LogP contribution in [0.15, 0.2) is 35.3 Å². The zero-order valence-electron chi connectivity index (χ0n) is 7.80. The minimum atomic E-state index is -0.250. The van der Waals surface area contributed by atoms with Crippen LogP contribution in [-0.2, 0) is 0 Å². The number of hydrogen-bond acceptors (Lipinski definition) is 2. The van der Waals surface area contributed by atoms with Crippen molar-refractivity contribution in [2.45, 2.75) is 6.10 Å². The van der Waals surface area contributed by atoms with Crippen molar-refractivity contribution in [2.75, 3.05) is 13.1 Å². The maximum atomic E-state index is 9.08. The molecule has 1 fully saturated rings. The summed E-state index contributed by atoms with van der Waals surface area (Å²) in [6.07, 6.45) is -0.250. The number of likely N-dealkylation sites (tertiary alicyclic amines) is 1. The van der Waals surface area contributed by atoms with Gasteiger partial charge in [-0.3, -0.25) is 0 Å². The zero-order valence-corrected chi connectivity index (χ0v) is 7.80. The topological polar surface area (TPSA) is 61.8 Å². The highest BCUT2D eigenvalue weighted by Gasteiger charge is 2.25. The van der Waals surface area contributed by atoms with Crippen LogP contribution >= 0.6 is 0 Å². The van der Waals surface area contributed by atoms with E-state index in [4.69, 9.17) is 10.8 Å². The average Bonchev–Trinajstić information content (AvgIpc) is 2.14. The summed E-state index contributed by atoms with van der Waals surface area (Å²) in [7, 11) is 0. The molecule has 1 aromatic carbocycles. The number of guanidine groups is 1. The number of nitrogens with two attached hydrogens (primary N) is 1. The molecule has 1 aliphatic rings. The van der Waals surface area contributed by atoms with E-state index in [9.17, 15) is 0 Å².